The zero-order valence-corrected chi connectivity index (χ0v) is 16.6. The normalized spacial score (nSPS) is 11.9. The number of nitrogens with zero attached hydrogens (tertiary/aromatic N) is 5. The first-order valence-corrected chi connectivity index (χ1v) is 8.42. The minimum absolute atomic E-state index is 0.143. The number of carbonyl (C=O) groups excluding carboxylic acids is 2. The molecule has 0 aliphatic carbocycles. The van der Waals surface area contributed by atoms with Crippen molar-refractivity contribution in [1.29, 1.82) is 0 Å². The first-order chi connectivity index (χ1) is 12.8. The quantitative estimate of drug-likeness (QED) is 0.834. The van der Waals surface area contributed by atoms with Crippen molar-refractivity contribution >= 4 is 35.3 Å². The van der Waals surface area contributed by atoms with Gasteiger partial charge in [-0.1, -0.05) is 0 Å². The maximum Gasteiger partial charge on any atom is 0.427 e. The number of carboxylic acid groups (broad SMARTS) is 1. The molecule has 2 amide bonds. The first-order valence-electron chi connectivity index (χ1n) is 8.42. The molecular weight excluding hydrogens is 370 g/mol. The van der Waals surface area contributed by atoms with E-state index in [0.29, 0.717) is 10.4 Å². The van der Waals surface area contributed by atoms with Crippen molar-refractivity contribution in [1.82, 2.24) is 19.5 Å². The van der Waals surface area contributed by atoms with Crippen LogP contribution < -0.4 is 4.90 Å². The number of aliphatic carboxylic acids is 1. The number of carbonyl (C=O) groups is 3. The van der Waals surface area contributed by atoms with Gasteiger partial charge in [0.25, 0.3) is 0 Å². The molecule has 11 heteroatoms. The Hall–Kier alpha value is -3.24. The lowest BCUT2D eigenvalue weighted by Gasteiger charge is -2.27. The molecule has 0 bridgehead atoms. The second-order valence-corrected chi connectivity index (χ2v) is 7.94. The summed E-state index contributed by atoms with van der Waals surface area (Å²) >= 11 is 0. The molecule has 0 saturated heterocycles. The number of amides is 2. The first kappa shape index (κ1) is 21.1. The molecule has 0 radical (unpaired) electrons. The number of rotatable bonds is 3. The molecule has 0 aliphatic rings. The lowest BCUT2D eigenvalue weighted by atomic mass is 10.2. The van der Waals surface area contributed by atoms with Crippen molar-refractivity contribution in [2.75, 3.05) is 4.90 Å². The highest BCUT2D eigenvalue weighted by Crippen LogP contribution is 2.20. The van der Waals surface area contributed by atoms with Crippen molar-refractivity contribution in [2.45, 2.75) is 59.3 Å². The van der Waals surface area contributed by atoms with E-state index >= 15 is 0 Å². The minimum Gasteiger partial charge on any atom is -0.480 e. The topological polar surface area (TPSA) is 137 Å². The lowest BCUT2D eigenvalue weighted by Crippen LogP contribution is -2.44. The Morgan fingerprint density at radius 1 is 1.04 bits per heavy atom. The summed E-state index contributed by atoms with van der Waals surface area (Å²) in [6, 6.07) is 0. The van der Waals surface area contributed by atoms with Crippen molar-refractivity contribution in [2.24, 2.45) is 0 Å². The summed E-state index contributed by atoms with van der Waals surface area (Å²) in [6.45, 7) is 9.46. The largest absolute Gasteiger partial charge is 0.480 e. The van der Waals surface area contributed by atoms with Crippen LogP contribution in [0.15, 0.2) is 12.5 Å². The highest BCUT2D eigenvalue weighted by molar-refractivity contribution is 6.08. The molecule has 2 heterocycles. The summed E-state index contributed by atoms with van der Waals surface area (Å²) in [5.74, 6) is -1.42. The number of imide groups is 1. The number of fused-ring (bicyclic) bond motifs is 1. The number of ether oxygens (including phenoxy) is 2. The molecule has 28 heavy (non-hydrogen) atoms. The van der Waals surface area contributed by atoms with E-state index < -0.39 is 35.9 Å². The minimum atomic E-state index is -1.10. The van der Waals surface area contributed by atoms with Gasteiger partial charge in [0, 0.05) is 0 Å². The van der Waals surface area contributed by atoms with Crippen molar-refractivity contribution in [3.63, 3.8) is 0 Å². The van der Waals surface area contributed by atoms with Gasteiger partial charge in [0.15, 0.2) is 5.65 Å². The monoisotopic (exact) mass is 393 g/mol. The molecule has 2 aromatic rings. The fourth-order valence-electron chi connectivity index (χ4n) is 2.07. The summed E-state index contributed by atoms with van der Waals surface area (Å²) in [4.78, 5) is 49.0. The Labute approximate surface area is 161 Å². The zero-order valence-electron chi connectivity index (χ0n) is 16.6. The summed E-state index contributed by atoms with van der Waals surface area (Å²) in [5, 5.41) is 9.00. The summed E-state index contributed by atoms with van der Waals surface area (Å²) < 4.78 is 11.8. The van der Waals surface area contributed by atoms with Gasteiger partial charge in [0.2, 0.25) is 5.95 Å². The van der Waals surface area contributed by atoms with E-state index in [1.807, 2.05) is 0 Å². The molecule has 2 aromatic heterocycles. The highest BCUT2D eigenvalue weighted by Gasteiger charge is 2.35. The Bertz CT molecular complexity index is 881. The molecule has 152 valence electrons. The van der Waals surface area contributed by atoms with Crippen LogP contribution in [0, 0.1) is 0 Å². The maximum absolute atomic E-state index is 12.6. The van der Waals surface area contributed by atoms with Crippen LogP contribution in [-0.2, 0) is 20.8 Å². The smallest absolute Gasteiger partial charge is 0.427 e. The molecule has 11 nitrogen and oxygen atoms in total. The van der Waals surface area contributed by atoms with Crippen LogP contribution in [0.1, 0.15) is 41.5 Å². The fourth-order valence-corrected chi connectivity index (χ4v) is 2.07. The molecule has 2 rings (SSSR count). The van der Waals surface area contributed by atoms with E-state index in [0.717, 1.165) is 0 Å². The predicted molar refractivity (Wildman–Crippen MR) is 97.9 cm³/mol. The van der Waals surface area contributed by atoms with Gasteiger partial charge in [0.1, 0.15) is 23.3 Å². The van der Waals surface area contributed by atoms with E-state index in [2.05, 4.69) is 15.0 Å². The number of hydrogen-bond acceptors (Lipinski definition) is 8. The summed E-state index contributed by atoms with van der Waals surface area (Å²) in [7, 11) is 0. The number of hydrogen-bond donors (Lipinski definition) is 1. The molecule has 0 spiro atoms. The van der Waals surface area contributed by atoms with Crippen LogP contribution >= 0.6 is 0 Å². The SMILES string of the molecule is CC(C)(C)OC(=O)N(C(=O)OC(C)(C)C)c1ncc2ncn(CC(=O)O)c2n1. The molecule has 0 fully saturated rings. The summed E-state index contributed by atoms with van der Waals surface area (Å²) in [5.41, 5.74) is -1.32. The molecule has 0 saturated carbocycles. The number of anilines is 1. The average molecular weight is 393 g/mol. The Kier molecular flexibility index (Phi) is 5.57. The van der Waals surface area contributed by atoms with Gasteiger partial charge < -0.3 is 19.1 Å². The average Bonchev–Trinajstić information content (AvgIpc) is 2.85. The zero-order chi connectivity index (χ0) is 21.3. The van der Waals surface area contributed by atoms with E-state index in [9.17, 15) is 14.4 Å². The van der Waals surface area contributed by atoms with Crippen LogP contribution in [0.2, 0.25) is 0 Å². The second kappa shape index (κ2) is 7.41. The van der Waals surface area contributed by atoms with E-state index in [-0.39, 0.29) is 11.6 Å². The summed E-state index contributed by atoms with van der Waals surface area (Å²) in [6.07, 6.45) is 0.510. The second-order valence-electron chi connectivity index (χ2n) is 7.94. The third kappa shape index (κ3) is 5.38. The van der Waals surface area contributed by atoms with Crippen molar-refractivity contribution in [3.8, 4) is 0 Å². The molecule has 1 N–H and O–H groups in total. The predicted octanol–water partition coefficient (Wildman–Crippen LogP) is 2.59. The molecule has 0 aliphatic heterocycles. The number of aromatic nitrogens is 4. The third-order valence-electron chi connectivity index (χ3n) is 3.00. The van der Waals surface area contributed by atoms with Gasteiger partial charge in [0.05, 0.1) is 12.5 Å². The van der Waals surface area contributed by atoms with Crippen LogP contribution in [0.4, 0.5) is 15.5 Å². The van der Waals surface area contributed by atoms with Crippen LogP contribution in [-0.4, -0.2) is 54.0 Å². The van der Waals surface area contributed by atoms with Gasteiger partial charge in [-0.2, -0.15) is 4.98 Å². The fraction of sp³-hybridized carbons (Fsp3) is 0.529. The van der Waals surface area contributed by atoms with E-state index in [4.69, 9.17) is 14.6 Å². The standard InChI is InChI=1S/C17H23N5O6/c1-16(2,3)27-14(25)22(15(26)28-17(4,5)6)13-18-7-10-12(20-13)21(9-19-10)8-11(23)24/h7,9H,8H2,1-6H3,(H,23,24). The highest BCUT2D eigenvalue weighted by atomic mass is 16.6. The van der Waals surface area contributed by atoms with Crippen molar-refractivity contribution < 1.29 is 29.0 Å². The Balaban J connectivity index is 2.50. The molecule has 0 atom stereocenters. The molecule has 0 unspecified atom stereocenters. The van der Waals surface area contributed by atoms with E-state index in [1.54, 1.807) is 41.5 Å². The van der Waals surface area contributed by atoms with E-state index in [1.165, 1.54) is 17.1 Å². The Morgan fingerprint density at radius 3 is 2.04 bits per heavy atom. The third-order valence-corrected chi connectivity index (χ3v) is 3.00. The van der Waals surface area contributed by atoms with Gasteiger partial charge in [-0.25, -0.2) is 19.6 Å². The van der Waals surface area contributed by atoms with Crippen LogP contribution in [0.25, 0.3) is 11.2 Å². The Morgan fingerprint density at radius 2 is 1.57 bits per heavy atom. The van der Waals surface area contributed by atoms with Crippen LogP contribution in [0.3, 0.4) is 0 Å². The van der Waals surface area contributed by atoms with Gasteiger partial charge in [-0.3, -0.25) is 4.79 Å². The number of imidazole rings is 1. The van der Waals surface area contributed by atoms with Gasteiger partial charge >= 0.3 is 18.2 Å². The van der Waals surface area contributed by atoms with Crippen LogP contribution in [0.5, 0.6) is 0 Å². The maximum atomic E-state index is 12.6. The van der Waals surface area contributed by atoms with Gasteiger partial charge in [-0.15, -0.1) is 4.90 Å². The number of carboxylic acids is 1. The lowest BCUT2D eigenvalue weighted by molar-refractivity contribution is -0.137. The molecule has 0 aromatic carbocycles. The van der Waals surface area contributed by atoms with Gasteiger partial charge in [-0.05, 0) is 41.5 Å². The molecular formula is C17H23N5O6. The van der Waals surface area contributed by atoms with Crippen molar-refractivity contribution in [3.05, 3.63) is 12.5 Å².